The first-order valence-corrected chi connectivity index (χ1v) is 7.80. The molecule has 0 spiro atoms. The summed E-state index contributed by atoms with van der Waals surface area (Å²) in [6, 6.07) is 10.5. The van der Waals surface area contributed by atoms with Crippen LogP contribution in [0.25, 0.3) is 6.08 Å². The van der Waals surface area contributed by atoms with Crippen LogP contribution in [0.2, 0.25) is 5.02 Å². The molecule has 0 fully saturated rings. The quantitative estimate of drug-likeness (QED) is 0.702. The molecule has 23 heavy (non-hydrogen) atoms. The molecular formula is C17H13BrClO4-. The number of rotatable bonds is 6. The fourth-order valence-electron chi connectivity index (χ4n) is 1.93. The Morgan fingerprint density at radius 1 is 1.26 bits per heavy atom. The van der Waals surface area contributed by atoms with Crippen LogP contribution in [-0.2, 0) is 11.4 Å². The lowest BCUT2D eigenvalue weighted by atomic mass is 10.1. The Kier molecular flexibility index (Phi) is 6.07. The third-order valence-corrected chi connectivity index (χ3v) is 3.85. The second-order valence-electron chi connectivity index (χ2n) is 4.59. The molecule has 0 atom stereocenters. The molecule has 6 heteroatoms. The van der Waals surface area contributed by atoms with E-state index >= 15 is 0 Å². The Hall–Kier alpha value is -1.98. The molecule has 0 unspecified atom stereocenters. The predicted octanol–water partition coefficient (Wildman–Crippen LogP) is 3.45. The van der Waals surface area contributed by atoms with Gasteiger partial charge in [-0.1, -0.05) is 23.7 Å². The molecule has 0 bridgehead atoms. The van der Waals surface area contributed by atoms with Gasteiger partial charge in [0, 0.05) is 10.6 Å². The van der Waals surface area contributed by atoms with Crippen molar-refractivity contribution in [1.29, 1.82) is 0 Å². The van der Waals surface area contributed by atoms with Crippen molar-refractivity contribution in [1.82, 2.24) is 0 Å². The van der Waals surface area contributed by atoms with Gasteiger partial charge in [0.15, 0.2) is 0 Å². The van der Waals surface area contributed by atoms with E-state index in [4.69, 9.17) is 21.1 Å². The second kappa shape index (κ2) is 8.04. The van der Waals surface area contributed by atoms with E-state index in [1.807, 2.05) is 0 Å². The fraction of sp³-hybridized carbons (Fsp3) is 0.118. The number of ether oxygens (including phenoxy) is 2. The van der Waals surface area contributed by atoms with Crippen molar-refractivity contribution in [3.63, 3.8) is 0 Å². The normalized spacial score (nSPS) is 10.7. The van der Waals surface area contributed by atoms with Crippen molar-refractivity contribution >= 4 is 39.6 Å². The van der Waals surface area contributed by atoms with Gasteiger partial charge in [-0.25, -0.2) is 0 Å². The van der Waals surface area contributed by atoms with Crippen LogP contribution in [0.5, 0.6) is 11.5 Å². The van der Waals surface area contributed by atoms with Crippen LogP contribution in [0.15, 0.2) is 46.9 Å². The smallest absolute Gasteiger partial charge is 0.134 e. The van der Waals surface area contributed by atoms with E-state index in [0.717, 1.165) is 16.1 Å². The molecule has 0 aliphatic rings. The molecular weight excluding hydrogens is 384 g/mol. The van der Waals surface area contributed by atoms with Gasteiger partial charge in [0.1, 0.15) is 18.1 Å². The van der Waals surface area contributed by atoms with Crippen LogP contribution in [0.4, 0.5) is 0 Å². The Balaban J connectivity index is 2.20. The summed E-state index contributed by atoms with van der Waals surface area (Å²) in [6.07, 6.45) is 2.43. The first kappa shape index (κ1) is 17.4. The number of carboxylic acids is 1. The van der Waals surface area contributed by atoms with Gasteiger partial charge in [-0.2, -0.15) is 0 Å². The summed E-state index contributed by atoms with van der Waals surface area (Å²) >= 11 is 9.28. The average molecular weight is 397 g/mol. The molecule has 0 aliphatic carbocycles. The Morgan fingerprint density at radius 3 is 2.65 bits per heavy atom. The van der Waals surface area contributed by atoms with E-state index in [-0.39, 0.29) is 6.61 Å². The molecule has 0 N–H and O–H groups in total. The number of carbonyl (C=O) groups is 1. The van der Waals surface area contributed by atoms with Gasteiger partial charge in [-0.3, -0.25) is 0 Å². The number of hydrogen-bond acceptors (Lipinski definition) is 4. The molecule has 0 aromatic heterocycles. The highest BCUT2D eigenvalue weighted by molar-refractivity contribution is 9.10. The van der Waals surface area contributed by atoms with E-state index in [9.17, 15) is 9.90 Å². The number of methoxy groups -OCH3 is 1. The van der Waals surface area contributed by atoms with Crippen molar-refractivity contribution < 1.29 is 19.4 Å². The minimum Gasteiger partial charge on any atom is -0.545 e. The molecule has 120 valence electrons. The molecule has 0 aliphatic heterocycles. The second-order valence-corrected chi connectivity index (χ2v) is 5.88. The molecule has 0 heterocycles. The minimum absolute atomic E-state index is 0.260. The van der Waals surface area contributed by atoms with Gasteiger partial charge < -0.3 is 19.4 Å². The standard InChI is InChI=1S/C17H14BrClO4/c1-22-15-5-2-11(3-7-17(20)21)8-12(15)10-23-16-6-4-13(19)9-14(16)18/h2-9H,10H2,1H3,(H,20,21)/p-1/b7-3+. The average Bonchev–Trinajstić information content (AvgIpc) is 2.52. The summed E-state index contributed by atoms with van der Waals surface area (Å²) < 4.78 is 11.8. The van der Waals surface area contributed by atoms with Crippen molar-refractivity contribution in [2.75, 3.05) is 7.11 Å². The van der Waals surface area contributed by atoms with Gasteiger partial charge in [0.05, 0.1) is 17.6 Å². The molecule has 0 radical (unpaired) electrons. The molecule has 0 saturated carbocycles. The zero-order chi connectivity index (χ0) is 16.8. The zero-order valence-corrected chi connectivity index (χ0v) is 14.6. The molecule has 2 aromatic carbocycles. The monoisotopic (exact) mass is 395 g/mol. The Labute approximate surface area is 147 Å². The van der Waals surface area contributed by atoms with Gasteiger partial charge in [-0.05, 0) is 57.9 Å². The van der Waals surface area contributed by atoms with Crippen molar-refractivity contribution in [3.05, 3.63) is 63.1 Å². The van der Waals surface area contributed by atoms with E-state index < -0.39 is 5.97 Å². The number of hydrogen-bond donors (Lipinski definition) is 0. The predicted molar refractivity (Wildman–Crippen MR) is 90.5 cm³/mol. The van der Waals surface area contributed by atoms with E-state index in [1.54, 1.807) is 43.5 Å². The van der Waals surface area contributed by atoms with Gasteiger partial charge in [0.25, 0.3) is 0 Å². The summed E-state index contributed by atoms with van der Waals surface area (Å²) in [7, 11) is 1.56. The molecule has 4 nitrogen and oxygen atoms in total. The first-order chi connectivity index (χ1) is 11.0. The Morgan fingerprint density at radius 2 is 2.00 bits per heavy atom. The lowest BCUT2D eigenvalue weighted by Gasteiger charge is -2.12. The van der Waals surface area contributed by atoms with Gasteiger partial charge in [0.2, 0.25) is 0 Å². The molecule has 0 saturated heterocycles. The van der Waals surface area contributed by atoms with Crippen molar-refractivity contribution in [2.45, 2.75) is 6.61 Å². The lowest BCUT2D eigenvalue weighted by molar-refractivity contribution is -0.297. The molecule has 2 rings (SSSR count). The van der Waals surface area contributed by atoms with Crippen LogP contribution in [-0.4, -0.2) is 13.1 Å². The Bertz CT molecular complexity index is 743. The van der Waals surface area contributed by atoms with Crippen LogP contribution in [0.3, 0.4) is 0 Å². The third-order valence-electron chi connectivity index (χ3n) is 2.99. The largest absolute Gasteiger partial charge is 0.545 e. The first-order valence-electron chi connectivity index (χ1n) is 6.63. The lowest BCUT2D eigenvalue weighted by Crippen LogP contribution is -2.18. The van der Waals surface area contributed by atoms with E-state index in [1.165, 1.54) is 6.08 Å². The zero-order valence-electron chi connectivity index (χ0n) is 12.2. The summed E-state index contributed by atoms with van der Waals surface area (Å²) in [6.45, 7) is 0.260. The van der Waals surface area contributed by atoms with E-state index in [0.29, 0.717) is 22.1 Å². The highest BCUT2D eigenvalue weighted by Gasteiger charge is 2.07. The number of carbonyl (C=O) groups excluding carboxylic acids is 1. The topological polar surface area (TPSA) is 58.6 Å². The number of benzene rings is 2. The highest BCUT2D eigenvalue weighted by atomic mass is 79.9. The molecule has 0 amide bonds. The minimum atomic E-state index is -1.25. The van der Waals surface area contributed by atoms with E-state index in [2.05, 4.69) is 15.9 Å². The van der Waals surface area contributed by atoms with Crippen LogP contribution < -0.4 is 14.6 Å². The van der Waals surface area contributed by atoms with Crippen LogP contribution in [0.1, 0.15) is 11.1 Å². The maximum atomic E-state index is 10.5. The maximum absolute atomic E-state index is 10.5. The number of halogens is 2. The summed E-state index contributed by atoms with van der Waals surface area (Å²) in [5.74, 6) is 0.0523. The summed E-state index contributed by atoms with van der Waals surface area (Å²) in [4.78, 5) is 10.5. The van der Waals surface area contributed by atoms with Crippen molar-refractivity contribution in [2.24, 2.45) is 0 Å². The third kappa shape index (κ3) is 5.01. The van der Waals surface area contributed by atoms with Crippen LogP contribution in [0, 0.1) is 0 Å². The molecule has 2 aromatic rings. The summed E-state index contributed by atoms with van der Waals surface area (Å²) in [5.41, 5.74) is 1.50. The van der Waals surface area contributed by atoms with Gasteiger partial charge >= 0.3 is 0 Å². The fourth-order valence-corrected chi connectivity index (χ4v) is 2.72. The SMILES string of the molecule is COc1ccc(/C=C/C(=O)[O-])cc1COc1ccc(Cl)cc1Br. The van der Waals surface area contributed by atoms with Crippen molar-refractivity contribution in [3.8, 4) is 11.5 Å². The number of carboxylic acid groups (broad SMARTS) is 1. The van der Waals surface area contributed by atoms with Crippen LogP contribution >= 0.6 is 27.5 Å². The highest BCUT2D eigenvalue weighted by Crippen LogP contribution is 2.30. The van der Waals surface area contributed by atoms with Gasteiger partial charge in [-0.15, -0.1) is 0 Å². The maximum Gasteiger partial charge on any atom is 0.134 e. The summed E-state index contributed by atoms with van der Waals surface area (Å²) in [5, 5.41) is 11.1. The number of aliphatic carboxylic acids is 1.